The summed E-state index contributed by atoms with van der Waals surface area (Å²) in [4.78, 5) is 0. The van der Waals surface area contributed by atoms with Crippen LogP contribution in [0.1, 0.15) is 0 Å². The molecule has 0 aliphatic rings. The predicted molar refractivity (Wildman–Crippen MR) is 24.7 cm³/mol. The van der Waals surface area contributed by atoms with Gasteiger partial charge >= 0.3 is 52.7 Å². The second-order valence-corrected chi connectivity index (χ2v) is 0. The molecule has 0 amide bonds. The van der Waals surface area contributed by atoms with Crippen molar-refractivity contribution in [3.8, 4) is 0 Å². The van der Waals surface area contributed by atoms with Crippen LogP contribution in [-0.4, -0.2) is 42.7 Å². The molecule has 1 radical (unpaired) electrons. The molecule has 0 fully saturated rings. The van der Waals surface area contributed by atoms with Gasteiger partial charge in [-0.15, -0.1) is 0 Å². The van der Waals surface area contributed by atoms with Gasteiger partial charge in [0, 0.05) is 22.4 Å². The Morgan fingerprint density at radius 3 is 1.25 bits per heavy atom. The second kappa shape index (κ2) is 17.9. The second-order valence-electron chi connectivity index (χ2n) is 0. The Bertz CT molecular complexity index is 8.00. The van der Waals surface area contributed by atoms with Gasteiger partial charge in [-0.05, 0) is 0 Å². The molecule has 0 saturated heterocycles. The molecule has 0 saturated carbocycles. The summed E-state index contributed by atoms with van der Waals surface area (Å²) in [6.45, 7) is 0. The van der Waals surface area contributed by atoms with Gasteiger partial charge in [-0.3, -0.25) is 0 Å². The summed E-state index contributed by atoms with van der Waals surface area (Å²) >= 11 is 0.958. The summed E-state index contributed by atoms with van der Waals surface area (Å²) in [5, 5.41) is 0. The fraction of sp³-hybridized carbons (Fsp3) is 0. The summed E-state index contributed by atoms with van der Waals surface area (Å²) < 4.78 is 0. The van der Waals surface area contributed by atoms with Crippen LogP contribution in [0.3, 0.4) is 0 Å². The van der Waals surface area contributed by atoms with E-state index < -0.39 is 0 Å². The normalized spacial score (nSPS) is 0.750. The van der Waals surface area contributed by atoms with Crippen molar-refractivity contribution in [2.45, 2.75) is 0 Å². The van der Waals surface area contributed by atoms with Crippen molar-refractivity contribution in [3.05, 3.63) is 0 Å². The molecule has 0 aromatic rings. The summed E-state index contributed by atoms with van der Waals surface area (Å²) in [6, 6.07) is 0. The van der Waals surface area contributed by atoms with E-state index in [0.29, 0.717) is 0 Å². The van der Waals surface area contributed by atoms with E-state index in [2.05, 4.69) is 10.1 Å². The van der Waals surface area contributed by atoms with Crippen molar-refractivity contribution in [3.63, 3.8) is 0 Å². The van der Waals surface area contributed by atoms with Gasteiger partial charge in [-0.1, -0.05) is 0 Å². The third kappa shape index (κ3) is 8.82. The first-order valence-electron chi connectivity index (χ1n) is 0.289. The molecule has 0 N–H and O–H groups in total. The summed E-state index contributed by atoms with van der Waals surface area (Å²) in [5.41, 5.74) is 0. The maximum absolute atomic E-state index is 4.21. The van der Waals surface area contributed by atoms with Gasteiger partial charge in [-0.25, -0.2) is 0 Å². The number of hydrogen-bond donors (Lipinski definition) is 0. The molecule has 0 aliphatic heterocycles. The topological polar surface area (TPSA) is 0 Å². The van der Waals surface area contributed by atoms with Crippen molar-refractivity contribution < 1.29 is 22.4 Å². The maximum atomic E-state index is 4.21. The number of hydrogen-bond acceptors (Lipinski definition) is 1. The Labute approximate surface area is 73.9 Å². The molecule has 0 atom stereocenters. The van der Waals surface area contributed by atoms with Crippen molar-refractivity contribution in [1.82, 2.24) is 0 Å². The summed E-state index contributed by atoms with van der Waals surface area (Å²) in [5.74, 6) is 0. The van der Waals surface area contributed by atoms with Crippen LogP contribution in [0.4, 0.5) is 0 Å². The molecular weight excluding hydrogens is 324 g/mol. The Kier molecular flexibility index (Phi) is 72.1. The molecular formula is H4AgGaInS. The zero-order valence-corrected chi connectivity index (χ0v) is 6.68. The van der Waals surface area contributed by atoms with Crippen molar-refractivity contribution in [1.29, 1.82) is 0 Å². The van der Waals surface area contributed by atoms with E-state index in [0.717, 1.165) is 16.8 Å². The average molecular weight is 329 g/mol. The van der Waals surface area contributed by atoms with Gasteiger partial charge in [0.2, 0.25) is 0 Å². The monoisotopic (exact) mass is 327 g/mol. The quantitative estimate of drug-likeness (QED) is 0.504. The standard InChI is InChI=1S/Ag.Ga.In.S.4H. The average Bonchev–Trinajstić information content (AvgIpc) is 1.00. The van der Waals surface area contributed by atoms with Gasteiger partial charge in [0.15, 0.2) is 0 Å². The zero-order chi connectivity index (χ0) is 2.00. The molecule has 0 aromatic heterocycles. The molecule has 0 aromatic carbocycles. The molecule has 0 aliphatic carbocycles. The molecule has 0 rings (SSSR count). The first-order valence-corrected chi connectivity index (χ1v) is 4.50. The molecule has 0 bridgehead atoms. The minimum absolute atomic E-state index is 0. The van der Waals surface area contributed by atoms with Gasteiger partial charge < -0.3 is 0 Å². The Morgan fingerprint density at radius 2 is 1.25 bits per heavy atom. The molecule has 4 heteroatoms. The van der Waals surface area contributed by atoms with Crippen LogP contribution in [0.25, 0.3) is 0 Å². The van der Waals surface area contributed by atoms with Crippen LogP contribution in [0, 0.1) is 0 Å². The van der Waals surface area contributed by atoms with E-state index in [1.165, 1.54) is 0 Å². The summed E-state index contributed by atoms with van der Waals surface area (Å²) in [7, 11) is 4.21. The fourth-order valence-electron chi connectivity index (χ4n) is 0. The van der Waals surface area contributed by atoms with Crippen LogP contribution in [0.5, 0.6) is 0 Å². The Morgan fingerprint density at radius 1 is 1.25 bits per heavy atom. The molecule has 0 heterocycles. The molecule has 0 unspecified atom stereocenters. The Balaban J connectivity index is -0.00000000500. The van der Waals surface area contributed by atoms with E-state index in [9.17, 15) is 0 Å². The predicted octanol–water partition coefficient (Wildman–Crippen LogP) is -1.19. The van der Waals surface area contributed by atoms with Crippen LogP contribution < -0.4 is 0 Å². The third-order valence-electron chi connectivity index (χ3n) is 0. The van der Waals surface area contributed by atoms with Gasteiger partial charge in [0.1, 0.15) is 0 Å². The van der Waals surface area contributed by atoms with E-state index in [-0.39, 0.29) is 48.2 Å². The van der Waals surface area contributed by atoms with E-state index in [4.69, 9.17) is 0 Å². The van der Waals surface area contributed by atoms with Crippen molar-refractivity contribution in [2.75, 3.05) is 0 Å². The number of rotatable bonds is 0. The van der Waals surface area contributed by atoms with E-state index in [1.807, 2.05) is 0 Å². The van der Waals surface area contributed by atoms with Crippen LogP contribution >= 0.6 is 10.1 Å². The summed E-state index contributed by atoms with van der Waals surface area (Å²) in [6.07, 6.45) is 0. The van der Waals surface area contributed by atoms with Crippen LogP contribution in [0.2, 0.25) is 0 Å². The van der Waals surface area contributed by atoms with Gasteiger partial charge in [0.25, 0.3) is 0 Å². The third-order valence-corrected chi connectivity index (χ3v) is 0. The van der Waals surface area contributed by atoms with Crippen molar-refractivity contribution in [2.24, 2.45) is 0 Å². The minimum atomic E-state index is 0. The van der Waals surface area contributed by atoms with Crippen LogP contribution in [-0.2, 0) is 22.4 Å². The van der Waals surface area contributed by atoms with Crippen molar-refractivity contribution >= 4 is 52.7 Å². The molecule has 0 spiro atoms. The Hall–Kier alpha value is 2.47. The zero-order valence-electron chi connectivity index (χ0n) is 1.42. The van der Waals surface area contributed by atoms with Crippen LogP contribution in [0.15, 0.2) is 0 Å². The molecule has 0 nitrogen and oxygen atoms in total. The van der Waals surface area contributed by atoms with E-state index >= 15 is 0 Å². The molecule has 4 heavy (non-hydrogen) atoms. The first-order chi connectivity index (χ1) is 1.00. The first kappa shape index (κ1) is 16.1. The molecule has 27 valence electrons. The fourth-order valence-corrected chi connectivity index (χ4v) is 0. The van der Waals surface area contributed by atoms with Gasteiger partial charge in [0.05, 0.1) is 0 Å². The van der Waals surface area contributed by atoms with E-state index in [1.54, 1.807) is 0 Å². The van der Waals surface area contributed by atoms with Gasteiger partial charge in [-0.2, -0.15) is 0 Å². The SMILES string of the molecule is [Ag].[InH3].[S]=[GaH].